The topological polar surface area (TPSA) is 118 Å². The zero-order valence-electron chi connectivity index (χ0n) is 17.5. The van der Waals surface area contributed by atoms with Crippen molar-refractivity contribution in [1.82, 2.24) is 0 Å². The summed E-state index contributed by atoms with van der Waals surface area (Å²) in [4.78, 5) is 0. The van der Waals surface area contributed by atoms with Gasteiger partial charge >= 0.3 is 0 Å². The van der Waals surface area contributed by atoms with Gasteiger partial charge in [0, 0.05) is 22.8 Å². The molecule has 0 aromatic heterocycles. The van der Waals surface area contributed by atoms with Crippen molar-refractivity contribution >= 4 is 25.3 Å². The monoisotopic (exact) mass is 497 g/mol. The van der Waals surface area contributed by atoms with E-state index in [1.165, 1.54) is 62.2 Å². The third-order valence-electron chi connectivity index (χ3n) is 5.46. The van der Waals surface area contributed by atoms with E-state index in [1.807, 2.05) is 0 Å². The molecule has 2 aliphatic carbocycles. The molecule has 0 spiro atoms. The fraction of sp³-hybridized carbons (Fsp3) is 0.900. The van der Waals surface area contributed by atoms with Gasteiger partial charge in [0.25, 0.3) is 0 Å². The van der Waals surface area contributed by atoms with Gasteiger partial charge < -0.3 is 51.8 Å². The van der Waals surface area contributed by atoms with Gasteiger partial charge in [0.15, 0.2) is 0 Å². The molecule has 0 aromatic rings. The summed E-state index contributed by atoms with van der Waals surface area (Å²) in [5.74, 6) is 0. The fourth-order valence-electron chi connectivity index (χ4n) is 4.18. The van der Waals surface area contributed by atoms with Gasteiger partial charge in [0.05, 0.1) is 0 Å². The zero-order valence-corrected chi connectivity index (χ0v) is 20.3. The van der Waals surface area contributed by atoms with Gasteiger partial charge in [-0.2, -0.15) is 63.4 Å². The average molecular weight is 498 g/mol. The van der Waals surface area contributed by atoms with Crippen LogP contribution in [0.4, 0.5) is 0 Å². The Hall–Kier alpha value is -0.261. The van der Waals surface area contributed by atoms with Gasteiger partial charge in [-0.15, -0.1) is 0 Å². The van der Waals surface area contributed by atoms with E-state index >= 15 is 0 Å². The van der Waals surface area contributed by atoms with E-state index in [9.17, 15) is 0 Å². The molecule has 2 saturated carbocycles. The quantitative estimate of drug-likeness (QED) is 0.249. The Kier molecular flexibility index (Phi) is 20.5. The van der Waals surface area contributed by atoms with E-state index in [0.717, 1.165) is 39.3 Å². The summed E-state index contributed by atoms with van der Waals surface area (Å²) in [6, 6.07) is 1.76. The Morgan fingerprint density at radius 2 is 0.800 bits per heavy atom. The molecule has 1 radical (unpaired) electrons. The second-order valence-corrected chi connectivity index (χ2v) is 7.68. The Balaban J connectivity index is -0.000000232. The van der Waals surface area contributed by atoms with E-state index in [2.05, 4.69) is 30.6 Å². The summed E-state index contributed by atoms with van der Waals surface area (Å²) >= 11 is 7.40. The number of nitriles is 2. The molecule has 10 heteroatoms. The minimum absolute atomic E-state index is 0. The number of hydrogen-bond acceptors (Lipinski definition) is 4. The number of rotatable bonds is 0. The number of hydrogen-bond donors (Lipinski definition) is 0. The SMILES string of the molecule is C1CCC2[N-]CC[N-][C@@H]3CCCC[C@H]3[N-]CC[N-]CC[N-]C2C1.N#C[S-].N#C[S-].[HH].[HH].[HH].[HH].[Mn]. The number of thiocyanates is 2. The fourth-order valence-corrected chi connectivity index (χ4v) is 4.18. The number of fused-ring (bicyclic) bond motifs is 2. The molecule has 0 aromatic carbocycles. The molecule has 3 rings (SSSR count). The molecular formula is C20H40MnN7S2-7. The van der Waals surface area contributed by atoms with Crippen molar-refractivity contribution in [3.05, 3.63) is 26.6 Å². The second-order valence-electron chi connectivity index (χ2n) is 7.32. The summed E-state index contributed by atoms with van der Waals surface area (Å²) in [7, 11) is 0. The summed E-state index contributed by atoms with van der Waals surface area (Å²) in [6.07, 6.45) is 10.1. The van der Waals surface area contributed by atoms with Crippen molar-refractivity contribution in [2.24, 2.45) is 0 Å². The van der Waals surface area contributed by atoms with Gasteiger partial charge in [0.2, 0.25) is 0 Å². The molecule has 1 heterocycles. The van der Waals surface area contributed by atoms with Crippen molar-refractivity contribution in [2.45, 2.75) is 75.5 Å². The van der Waals surface area contributed by atoms with Gasteiger partial charge in [-0.05, 0) is 0 Å². The van der Waals surface area contributed by atoms with Crippen LogP contribution in [-0.2, 0) is 42.3 Å². The van der Waals surface area contributed by atoms with Crippen LogP contribution in [0.1, 0.15) is 57.1 Å². The van der Waals surface area contributed by atoms with Crippen LogP contribution in [0.5, 0.6) is 0 Å². The van der Waals surface area contributed by atoms with E-state index in [4.69, 9.17) is 31.8 Å². The molecule has 1 aliphatic heterocycles. The molecule has 0 N–H and O–H groups in total. The predicted molar refractivity (Wildman–Crippen MR) is 132 cm³/mol. The molecule has 3 aliphatic rings. The molecule has 0 amide bonds. The molecule has 4 atom stereocenters. The first-order chi connectivity index (χ1) is 14.3. The van der Waals surface area contributed by atoms with Crippen LogP contribution in [0.2, 0.25) is 0 Å². The number of nitrogens with zero attached hydrogens (tertiary/aromatic N) is 7. The summed E-state index contributed by atoms with van der Waals surface area (Å²) in [6.45, 7) is 5.21. The van der Waals surface area contributed by atoms with Crippen molar-refractivity contribution in [3.63, 3.8) is 0 Å². The van der Waals surface area contributed by atoms with Crippen molar-refractivity contribution in [3.8, 4) is 10.8 Å². The maximum atomic E-state index is 7.13. The molecule has 0 bridgehead atoms. The van der Waals surface area contributed by atoms with Crippen LogP contribution in [0.3, 0.4) is 0 Å². The smallest absolute Gasteiger partial charge is 0 e. The van der Waals surface area contributed by atoms with Gasteiger partial charge in [0.1, 0.15) is 0 Å². The molecular weight excluding hydrogens is 457 g/mol. The Labute approximate surface area is 210 Å². The molecule has 3 fully saturated rings. The van der Waals surface area contributed by atoms with Crippen LogP contribution in [0.15, 0.2) is 0 Å². The first-order valence-corrected chi connectivity index (χ1v) is 11.4. The molecule has 30 heavy (non-hydrogen) atoms. The van der Waals surface area contributed by atoms with E-state index < -0.39 is 0 Å². The first-order valence-electron chi connectivity index (χ1n) is 10.6. The summed E-state index contributed by atoms with van der Waals surface area (Å²) < 4.78 is 0. The summed E-state index contributed by atoms with van der Waals surface area (Å²) in [5, 5.41) is 41.2. The largest absolute Gasteiger partial charge is 0.696 e. The minimum atomic E-state index is 0. The Morgan fingerprint density at radius 1 is 0.567 bits per heavy atom. The minimum Gasteiger partial charge on any atom is -0.696 e. The van der Waals surface area contributed by atoms with E-state index in [1.54, 1.807) is 0 Å². The molecule has 7 nitrogen and oxygen atoms in total. The Morgan fingerprint density at radius 3 is 1.07 bits per heavy atom. The van der Waals surface area contributed by atoms with E-state index in [0.29, 0.717) is 24.2 Å². The standard InChI is InChI=1S/C18H32N5.2CHNS.Mn.4H2/c1-3-7-17-15(5-1)20-11-9-19-10-12-21-16-6-2-4-8-18(16)23-14-13-22-17;2*2-1-3;;;;;/h15-18H,1-14H2;2*3H;;4*1H/q-5;;;;;;;/p-2/t15-,16?,17-,18?;;;;;;;/m1......./s1. The summed E-state index contributed by atoms with van der Waals surface area (Å²) in [5.41, 5.74) is 0. The maximum absolute atomic E-state index is 7.13. The van der Waals surface area contributed by atoms with Crippen LogP contribution < -0.4 is 0 Å². The third-order valence-corrected chi connectivity index (χ3v) is 5.46. The maximum Gasteiger partial charge on any atom is 0 e. The molecule has 2 unspecified atom stereocenters. The zero-order chi connectivity index (χ0) is 21.2. The predicted octanol–water partition coefficient (Wildman–Crippen LogP) is 5.50. The molecule has 181 valence electrons. The Bertz CT molecular complexity index is 463. The van der Waals surface area contributed by atoms with Crippen LogP contribution in [0.25, 0.3) is 26.6 Å². The van der Waals surface area contributed by atoms with Crippen molar-refractivity contribution in [1.29, 1.82) is 10.5 Å². The van der Waals surface area contributed by atoms with E-state index in [-0.39, 0.29) is 22.8 Å². The van der Waals surface area contributed by atoms with Crippen molar-refractivity contribution in [2.75, 3.05) is 39.3 Å². The van der Waals surface area contributed by atoms with Crippen LogP contribution >= 0.6 is 0 Å². The third kappa shape index (κ3) is 13.2. The second kappa shape index (κ2) is 20.6. The molecule has 1 saturated heterocycles. The van der Waals surface area contributed by atoms with Gasteiger partial charge in [-0.3, -0.25) is 0 Å². The average Bonchev–Trinajstić information content (AvgIpc) is 2.73. The van der Waals surface area contributed by atoms with Crippen LogP contribution in [-0.4, -0.2) is 63.4 Å². The normalized spacial score (nSPS) is 30.1. The van der Waals surface area contributed by atoms with Gasteiger partial charge in [-0.1, -0.05) is 62.2 Å². The first kappa shape index (κ1) is 29.7. The van der Waals surface area contributed by atoms with Gasteiger partial charge in [-0.25, -0.2) is 10.5 Å². The van der Waals surface area contributed by atoms with Crippen LogP contribution in [0, 0.1) is 21.3 Å². The van der Waals surface area contributed by atoms with Crippen molar-refractivity contribution < 1.29 is 22.8 Å².